The Labute approximate surface area is 248 Å². The van der Waals surface area contributed by atoms with Crippen molar-refractivity contribution < 1.29 is 37.9 Å². The number of carbonyl (C=O) groups excluding carboxylic acids is 5. The van der Waals surface area contributed by atoms with E-state index in [-0.39, 0.29) is 42.5 Å². The van der Waals surface area contributed by atoms with Crippen LogP contribution in [0.4, 0.5) is 5.69 Å². The van der Waals surface area contributed by atoms with Crippen LogP contribution in [-0.2, 0) is 41.7 Å². The zero-order valence-corrected chi connectivity index (χ0v) is 24.2. The largest absolute Gasteiger partial charge is 0.465 e. The molecule has 0 radical (unpaired) electrons. The summed E-state index contributed by atoms with van der Waals surface area (Å²) in [6, 6.07) is 16.8. The maximum atomic E-state index is 13.4. The number of hydrogen-bond donors (Lipinski definition) is 2. The fraction of sp³-hybridized carbons (Fsp3) is 0.219. The van der Waals surface area contributed by atoms with Crippen LogP contribution in [0.25, 0.3) is 6.08 Å². The fourth-order valence-corrected chi connectivity index (χ4v) is 4.34. The molecule has 3 amide bonds. The minimum Gasteiger partial charge on any atom is -0.465 e. The van der Waals surface area contributed by atoms with Crippen LogP contribution in [0.3, 0.4) is 0 Å². The third-order valence-electron chi connectivity index (χ3n) is 6.61. The Hall–Kier alpha value is -5.45. The molecule has 2 N–H and O–H groups in total. The zero-order valence-electron chi connectivity index (χ0n) is 24.2. The standard InChI is InChI=1S/C32H31N3O8/c1-5-42-31(39)22-10-12-23(13-11-22)34-29(37)28(36)33-17-25-15-14-24(43-25)16-26-27(32(40)41-4)20(3)35(30(26)38)18-21-8-6-19(2)7-9-21/h6-16H,5,17-18H2,1-4H3,(H,33,36)(H,34,37)/b26-16+. The molecule has 11 heteroatoms. The molecule has 4 rings (SSSR count). The first-order valence-corrected chi connectivity index (χ1v) is 13.4. The number of nitrogens with one attached hydrogen (secondary N) is 2. The average molecular weight is 586 g/mol. The molecule has 43 heavy (non-hydrogen) atoms. The molecule has 11 nitrogen and oxygen atoms in total. The molecule has 0 bridgehead atoms. The third-order valence-corrected chi connectivity index (χ3v) is 6.61. The highest BCUT2D eigenvalue weighted by Gasteiger charge is 2.37. The van der Waals surface area contributed by atoms with Gasteiger partial charge in [0.2, 0.25) is 0 Å². The molecule has 0 unspecified atom stereocenters. The van der Waals surface area contributed by atoms with Gasteiger partial charge in [-0.3, -0.25) is 14.4 Å². The lowest BCUT2D eigenvalue weighted by Gasteiger charge is -2.18. The summed E-state index contributed by atoms with van der Waals surface area (Å²) in [7, 11) is 1.25. The fourth-order valence-electron chi connectivity index (χ4n) is 4.34. The van der Waals surface area contributed by atoms with E-state index >= 15 is 0 Å². The van der Waals surface area contributed by atoms with Crippen LogP contribution in [0.2, 0.25) is 0 Å². The van der Waals surface area contributed by atoms with E-state index in [4.69, 9.17) is 13.9 Å². The van der Waals surface area contributed by atoms with E-state index in [1.165, 1.54) is 42.4 Å². The quantitative estimate of drug-likeness (QED) is 0.219. The number of amides is 3. The predicted octanol–water partition coefficient (Wildman–Crippen LogP) is 3.89. The maximum Gasteiger partial charge on any atom is 0.340 e. The van der Waals surface area contributed by atoms with E-state index in [2.05, 4.69) is 10.6 Å². The first-order valence-electron chi connectivity index (χ1n) is 13.4. The van der Waals surface area contributed by atoms with Crippen LogP contribution < -0.4 is 10.6 Å². The molecular weight excluding hydrogens is 554 g/mol. The first kappa shape index (κ1) is 30.5. The Kier molecular flexibility index (Phi) is 9.56. The topological polar surface area (TPSA) is 144 Å². The van der Waals surface area contributed by atoms with Gasteiger partial charge in [-0.25, -0.2) is 9.59 Å². The van der Waals surface area contributed by atoms with Gasteiger partial charge in [0.1, 0.15) is 11.5 Å². The maximum absolute atomic E-state index is 13.4. The van der Waals surface area contributed by atoms with E-state index in [0.717, 1.165) is 11.1 Å². The van der Waals surface area contributed by atoms with Crippen molar-refractivity contribution in [1.82, 2.24) is 10.2 Å². The molecule has 0 fully saturated rings. The van der Waals surface area contributed by atoms with Gasteiger partial charge in [-0.15, -0.1) is 0 Å². The van der Waals surface area contributed by atoms with Gasteiger partial charge in [-0.1, -0.05) is 29.8 Å². The molecule has 0 saturated carbocycles. The Morgan fingerprint density at radius 3 is 2.26 bits per heavy atom. The van der Waals surface area contributed by atoms with Crippen molar-refractivity contribution >= 4 is 41.4 Å². The molecule has 0 atom stereocenters. The van der Waals surface area contributed by atoms with Crippen molar-refractivity contribution in [3.8, 4) is 0 Å². The van der Waals surface area contributed by atoms with Crippen molar-refractivity contribution in [2.24, 2.45) is 0 Å². The van der Waals surface area contributed by atoms with E-state index < -0.39 is 23.8 Å². The SMILES string of the molecule is CCOC(=O)c1ccc(NC(=O)C(=O)NCc2ccc(/C=C3/C(=O)N(Cc4ccc(C)cc4)C(C)=C3C(=O)OC)o2)cc1. The number of methoxy groups -OCH3 is 1. The number of rotatable bonds is 9. The lowest BCUT2D eigenvalue weighted by atomic mass is 10.1. The average Bonchev–Trinajstić information content (AvgIpc) is 3.54. The van der Waals surface area contributed by atoms with Crippen molar-refractivity contribution in [3.05, 3.63) is 106 Å². The molecule has 0 saturated heterocycles. The van der Waals surface area contributed by atoms with Gasteiger partial charge >= 0.3 is 23.8 Å². The molecule has 1 aliphatic rings. The number of furan rings is 1. The molecule has 1 aromatic heterocycles. The van der Waals surface area contributed by atoms with Gasteiger partial charge < -0.3 is 29.4 Å². The van der Waals surface area contributed by atoms with Crippen molar-refractivity contribution in [1.29, 1.82) is 0 Å². The van der Waals surface area contributed by atoms with Crippen molar-refractivity contribution in [2.45, 2.75) is 33.9 Å². The summed E-state index contributed by atoms with van der Waals surface area (Å²) in [5.41, 5.74) is 3.35. The number of esters is 2. The highest BCUT2D eigenvalue weighted by molar-refractivity contribution is 6.39. The van der Waals surface area contributed by atoms with Gasteiger partial charge in [0.25, 0.3) is 5.91 Å². The van der Waals surface area contributed by atoms with E-state index in [1.807, 2.05) is 31.2 Å². The summed E-state index contributed by atoms with van der Waals surface area (Å²) in [6.45, 7) is 5.76. The number of ether oxygens (including phenoxy) is 2. The van der Waals surface area contributed by atoms with Crippen LogP contribution in [0, 0.1) is 6.92 Å². The van der Waals surface area contributed by atoms with E-state index in [9.17, 15) is 24.0 Å². The zero-order chi connectivity index (χ0) is 31.1. The van der Waals surface area contributed by atoms with Gasteiger partial charge in [-0.2, -0.15) is 0 Å². The molecule has 3 aromatic rings. The van der Waals surface area contributed by atoms with Crippen LogP contribution in [0.15, 0.2) is 81.9 Å². The smallest absolute Gasteiger partial charge is 0.340 e. The lowest BCUT2D eigenvalue weighted by Crippen LogP contribution is -2.34. The molecular formula is C32H31N3O8. The molecule has 222 valence electrons. The minimum atomic E-state index is -0.911. The summed E-state index contributed by atoms with van der Waals surface area (Å²) in [4.78, 5) is 63.9. The van der Waals surface area contributed by atoms with Gasteiger partial charge in [0.05, 0.1) is 43.5 Å². The molecule has 2 aromatic carbocycles. The second-order valence-corrected chi connectivity index (χ2v) is 9.63. The monoisotopic (exact) mass is 585 g/mol. The molecule has 1 aliphatic heterocycles. The number of carbonyl (C=O) groups is 5. The second-order valence-electron chi connectivity index (χ2n) is 9.63. The van der Waals surface area contributed by atoms with E-state index in [0.29, 0.717) is 22.7 Å². The summed E-state index contributed by atoms with van der Waals surface area (Å²) in [5.74, 6) is -2.75. The number of nitrogens with zero attached hydrogens (tertiary/aromatic N) is 1. The summed E-state index contributed by atoms with van der Waals surface area (Å²) >= 11 is 0. The number of benzene rings is 2. The number of aryl methyl sites for hydroxylation is 1. The summed E-state index contributed by atoms with van der Waals surface area (Å²) in [5, 5.41) is 4.91. The highest BCUT2D eigenvalue weighted by Crippen LogP contribution is 2.33. The number of anilines is 1. The van der Waals surface area contributed by atoms with Crippen LogP contribution in [0.1, 0.15) is 46.9 Å². The number of hydrogen-bond acceptors (Lipinski definition) is 8. The van der Waals surface area contributed by atoms with Crippen molar-refractivity contribution in [3.63, 3.8) is 0 Å². The molecule has 0 spiro atoms. The molecule has 0 aliphatic carbocycles. The van der Waals surface area contributed by atoms with E-state index in [1.54, 1.807) is 26.0 Å². The normalized spacial score (nSPS) is 13.7. The Morgan fingerprint density at radius 1 is 0.907 bits per heavy atom. The van der Waals surface area contributed by atoms with Gasteiger partial charge in [0, 0.05) is 11.4 Å². The summed E-state index contributed by atoms with van der Waals surface area (Å²) < 4.78 is 15.6. The first-order chi connectivity index (χ1) is 20.6. The van der Waals surface area contributed by atoms with Gasteiger partial charge in [-0.05, 0) is 68.8 Å². The van der Waals surface area contributed by atoms with Gasteiger partial charge in [0.15, 0.2) is 0 Å². The lowest BCUT2D eigenvalue weighted by molar-refractivity contribution is -0.136. The predicted molar refractivity (Wildman–Crippen MR) is 156 cm³/mol. The Balaban J connectivity index is 1.40. The summed E-state index contributed by atoms with van der Waals surface area (Å²) in [6.07, 6.45) is 1.45. The highest BCUT2D eigenvalue weighted by atomic mass is 16.5. The molecule has 2 heterocycles. The van der Waals surface area contributed by atoms with Crippen LogP contribution in [0.5, 0.6) is 0 Å². The Morgan fingerprint density at radius 2 is 1.60 bits per heavy atom. The Bertz CT molecular complexity index is 1610. The third kappa shape index (κ3) is 7.25. The number of allylic oxidation sites excluding steroid dienone is 1. The minimum absolute atomic E-state index is 0.108. The van der Waals surface area contributed by atoms with Crippen LogP contribution in [-0.4, -0.2) is 48.3 Å². The van der Waals surface area contributed by atoms with Crippen LogP contribution >= 0.6 is 0 Å². The second kappa shape index (κ2) is 13.5. The van der Waals surface area contributed by atoms with Crippen molar-refractivity contribution in [2.75, 3.05) is 19.0 Å².